The molecule has 0 aromatic carbocycles. The van der Waals surface area contributed by atoms with Crippen LogP contribution in [0.5, 0.6) is 0 Å². The first-order chi connectivity index (χ1) is 5.18. The van der Waals surface area contributed by atoms with Gasteiger partial charge in [0.05, 0.1) is 13.7 Å². The van der Waals surface area contributed by atoms with Gasteiger partial charge in [0.1, 0.15) is 0 Å². The van der Waals surface area contributed by atoms with Gasteiger partial charge in [-0.2, -0.15) is 0 Å². The van der Waals surface area contributed by atoms with Crippen LogP contribution in [-0.4, -0.2) is 24.8 Å². The minimum atomic E-state index is -0.981. The molecule has 0 saturated heterocycles. The Bertz CT molecular complexity index is 97.1. The molecule has 5 nitrogen and oxygen atoms in total. The molecule has 0 spiro atoms. The van der Waals surface area contributed by atoms with E-state index in [-0.39, 0.29) is 0 Å². The largest absolute Gasteiger partial charge is 0.478 e. The third kappa shape index (κ3) is 27.3. The molecule has 0 radical (unpaired) electrons. The Morgan fingerprint density at radius 3 is 2.27 bits per heavy atom. The zero-order valence-electron chi connectivity index (χ0n) is 6.57. The standard InChI is InChI=1S/C3H8O3.C3H4O2/c1-3-5-6-4-2;1-2-3(4)5/h3H2,1-2H3;2H,1H2,(H,4,5). The summed E-state index contributed by atoms with van der Waals surface area (Å²) in [6.07, 6.45) is 0.833. The van der Waals surface area contributed by atoms with Crippen LogP contribution in [0, 0.1) is 0 Å². The van der Waals surface area contributed by atoms with E-state index in [1.807, 2.05) is 0 Å². The van der Waals surface area contributed by atoms with E-state index in [1.54, 1.807) is 6.92 Å². The predicted molar refractivity (Wildman–Crippen MR) is 37.6 cm³/mol. The molecule has 0 atom stereocenters. The Morgan fingerprint density at radius 2 is 2.18 bits per heavy atom. The van der Waals surface area contributed by atoms with Crippen molar-refractivity contribution in [1.82, 2.24) is 0 Å². The van der Waals surface area contributed by atoms with Gasteiger partial charge in [-0.3, -0.25) is 0 Å². The molecule has 0 fully saturated rings. The molecule has 0 aromatic rings. The fourth-order valence-corrected chi connectivity index (χ4v) is 0.0962. The molecule has 0 heterocycles. The first-order valence-electron chi connectivity index (χ1n) is 2.86. The topological polar surface area (TPSA) is 65.0 Å². The van der Waals surface area contributed by atoms with Crippen molar-refractivity contribution in [2.24, 2.45) is 0 Å². The molecule has 0 aliphatic carbocycles. The highest BCUT2D eigenvalue weighted by Crippen LogP contribution is 1.72. The van der Waals surface area contributed by atoms with E-state index >= 15 is 0 Å². The molecule has 11 heavy (non-hydrogen) atoms. The number of carboxylic acid groups (broad SMARTS) is 1. The number of aliphatic carboxylic acids is 1. The van der Waals surface area contributed by atoms with E-state index in [1.165, 1.54) is 7.11 Å². The highest BCUT2D eigenvalue weighted by Gasteiger charge is 1.73. The fourth-order valence-electron chi connectivity index (χ4n) is 0.0962. The van der Waals surface area contributed by atoms with E-state index in [2.05, 4.69) is 21.4 Å². The number of rotatable bonds is 4. The first-order valence-corrected chi connectivity index (χ1v) is 2.86. The third-order valence-corrected chi connectivity index (χ3v) is 0.409. The highest BCUT2D eigenvalue weighted by atomic mass is 17.5. The fraction of sp³-hybridized carbons (Fsp3) is 0.500. The minimum Gasteiger partial charge on any atom is -0.478 e. The minimum absolute atomic E-state index is 0.508. The molecule has 0 aromatic heterocycles. The second-order valence-corrected chi connectivity index (χ2v) is 1.18. The van der Waals surface area contributed by atoms with Gasteiger partial charge in [0.25, 0.3) is 0 Å². The summed E-state index contributed by atoms with van der Waals surface area (Å²) in [5, 5.41) is 11.6. The second-order valence-electron chi connectivity index (χ2n) is 1.18. The lowest BCUT2D eigenvalue weighted by Gasteiger charge is -1.90. The van der Waals surface area contributed by atoms with Gasteiger partial charge in [0, 0.05) is 6.08 Å². The van der Waals surface area contributed by atoms with Gasteiger partial charge in [0.2, 0.25) is 0 Å². The van der Waals surface area contributed by atoms with Crippen LogP contribution in [-0.2, 0) is 19.6 Å². The summed E-state index contributed by atoms with van der Waals surface area (Å²) in [6, 6.07) is 0. The van der Waals surface area contributed by atoms with Gasteiger partial charge in [0.15, 0.2) is 0 Å². The molecule has 5 heteroatoms. The maximum Gasteiger partial charge on any atom is 0.327 e. The molecule has 0 saturated carbocycles. The average Bonchev–Trinajstić information content (AvgIpc) is 2.02. The molecule has 0 amide bonds. The quantitative estimate of drug-likeness (QED) is 0.288. The Hall–Kier alpha value is -0.910. The Morgan fingerprint density at radius 1 is 1.73 bits per heavy atom. The van der Waals surface area contributed by atoms with E-state index in [9.17, 15) is 4.79 Å². The van der Waals surface area contributed by atoms with Crippen LogP contribution in [0.2, 0.25) is 0 Å². The Balaban J connectivity index is 0. The third-order valence-electron chi connectivity index (χ3n) is 0.409. The van der Waals surface area contributed by atoms with Crippen molar-refractivity contribution in [3.63, 3.8) is 0 Å². The van der Waals surface area contributed by atoms with Crippen LogP contribution in [0.15, 0.2) is 12.7 Å². The summed E-state index contributed by atoms with van der Waals surface area (Å²) in [6.45, 7) is 5.27. The summed E-state index contributed by atoms with van der Waals surface area (Å²) in [4.78, 5) is 17.6. The van der Waals surface area contributed by atoms with Gasteiger partial charge in [-0.25, -0.2) is 14.6 Å². The first kappa shape index (κ1) is 12.7. The van der Waals surface area contributed by atoms with E-state index in [0.29, 0.717) is 6.61 Å². The van der Waals surface area contributed by atoms with E-state index < -0.39 is 5.97 Å². The van der Waals surface area contributed by atoms with Crippen LogP contribution >= 0.6 is 0 Å². The molecular weight excluding hydrogens is 152 g/mol. The SMILES string of the molecule is C=CC(=O)O.CCOOOC. The Kier molecular flexibility index (Phi) is 13.7. The van der Waals surface area contributed by atoms with Crippen molar-refractivity contribution < 1.29 is 24.7 Å². The lowest BCUT2D eigenvalue weighted by molar-refractivity contribution is -0.500. The van der Waals surface area contributed by atoms with Gasteiger partial charge in [-0.1, -0.05) is 11.6 Å². The zero-order valence-corrected chi connectivity index (χ0v) is 6.57. The average molecular weight is 164 g/mol. The van der Waals surface area contributed by atoms with Crippen LogP contribution in [0.3, 0.4) is 0 Å². The van der Waals surface area contributed by atoms with Crippen molar-refractivity contribution >= 4 is 5.97 Å². The van der Waals surface area contributed by atoms with Crippen molar-refractivity contribution in [3.8, 4) is 0 Å². The molecule has 0 aliphatic rings. The van der Waals surface area contributed by atoms with Crippen molar-refractivity contribution in [2.75, 3.05) is 13.7 Å². The number of hydrogen-bond acceptors (Lipinski definition) is 4. The van der Waals surface area contributed by atoms with Crippen molar-refractivity contribution in [3.05, 3.63) is 12.7 Å². The second kappa shape index (κ2) is 11.8. The van der Waals surface area contributed by atoms with E-state index in [0.717, 1.165) is 6.08 Å². The lowest BCUT2D eigenvalue weighted by Crippen LogP contribution is -1.89. The van der Waals surface area contributed by atoms with Crippen molar-refractivity contribution in [2.45, 2.75) is 6.92 Å². The van der Waals surface area contributed by atoms with Gasteiger partial charge < -0.3 is 5.11 Å². The maximum atomic E-state index is 9.25. The highest BCUT2D eigenvalue weighted by molar-refractivity contribution is 5.78. The molecule has 1 N–H and O–H groups in total. The number of carboxylic acids is 1. The van der Waals surface area contributed by atoms with Crippen molar-refractivity contribution in [1.29, 1.82) is 0 Å². The van der Waals surface area contributed by atoms with Crippen LogP contribution in [0.1, 0.15) is 6.92 Å². The smallest absolute Gasteiger partial charge is 0.327 e. The normalized spacial score (nSPS) is 7.82. The summed E-state index contributed by atoms with van der Waals surface area (Å²) < 4.78 is 0. The molecule has 0 unspecified atom stereocenters. The molecule has 0 bridgehead atoms. The zero-order chi connectivity index (χ0) is 9.11. The number of hydrogen-bond donors (Lipinski definition) is 1. The summed E-state index contributed by atoms with van der Waals surface area (Å²) in [5.41, 5.74) is 0. The van der Waals surface area contributed by atoms with Gasteiger partial charge in [-0.05, 0) is 6.92 Å². The Labute approximate surface area is 65.0 Å². The van der Waals surface area contributed by atoms with Gasteiger partial charge >= 0.3 is 5.97 Å². The monoisotopic (exact) mass is 164 g/mol. The molecule has 0 rings (SSSR count). The molecular formula is C6H12O5. The molecule has 0 aliphatic heterocycles. The van der Waals surface area contributed by atoms with Crippen LogP contribution < -0.4 is 0 Å². The van der Waals surface area contributed by atoms with Gasteiger partial charge in [-0.15, -0.1) is 0 Å². The summed E-state index contributed by atoms with van der Waals surface area (Å²) in [5.74, 6) is -0.981. The molecule has 66 valence electrons. The van der Waals surface area contributed by atoms with E-state index in [4.69, 9.17) is 5.11 Å². The van der Waals surface area contributed by atoms with Crippen LogP contribution in [0.25, 0.3) is 0 Å². The van der Waals surface area contributed by atoms with Crippen LogP contribution in [0.4, 0.5) is 0 Å². The maximum absolute atomic E-state index is 9.25. The number of carbonyl (C=O) groups is 1. The summed E-state index contributed by atoms with van der Waals surface area (Å²) in [7, 11) is 1.38. The predicted octanol–water partition coefficient (Wildman–Crippen LogP) is 0.773. The summed E-state index contributed by atoms with van der Waals surface area (Å²) >= 11 is 0. The lowest BCUT2D eigenvalue weighted by atomic mass is 10.7.